The van der Waals surface area contributed by atoms with E-state index < -0.39 is 11.6 Å². The van der Waals surface area contributed by atoms with Crippen LogP contribution in [0.5, 0.6) is 0 Å². The molecular formula is C22H27NO4. The van der Waals surface area contributed by atoms with Crippen LogP contribution >= 0.6 is 0 Å². The molecule has 2 atom stereocenters. The van der Waals surface area contributed by atoms with Crippen molar-refractivity contribution < 1.29 is 19.5 Å². The van der Waals surface area contributed by atoms with E-state index in [1.54, 1.807) is 0 Å². The standard InChI is InChI=1S/C22H27NO4/c1-18(24)23(27-16-20-11-6-3-7-12-20)21-13-8-14-22(21,25)17-26-15-19-9-4-2-5-10-19/h2-7,9-12,21,25H,8,13-17H2,1H3/t21-,22+/m1/s1. The fraction of sp³-hybridized carbons (Fsp3) is 0.409. The van der Waals surface area contributed by atoms with Crippen molar-refractivity contribution in [1.82, 2.24) is 5.06 Å². The van der Waals surface area contributed by atoms with Gasteiger partial charge in [0.25, 0.3) is 0 Å². The van der Waals surface area contributed by atoms with Crippen LogP contribution in [0.4, 0.5) is 0 Å². The molecule has 2 aromatic carbocycles. The lowest BCUT2D eigenvalue weighted by Crippen LogP contribution is -2.53. The molecule has 0 aromatic heterocycles. The van der Waals surface area contributed by atoms with Gasteiger partial charge in [-0.15, -0.1) is 0 Å². The van der Waals surface area contributed by atoms with Gasteiger partial charge in [0.15, 0.2) is 0 Å². The SMILES string of the molecule is CC(=O)N(OCc1ccccc1)[C@@H]1CCC[C@]1(O)COCc1ccccc1. The summed E-state index contributed by atoms with van der Waals surface area (Å²) in [6, 6.07) is 19.1. The third kappa shape index (κ3) is 5.16. The van der Waals surface area contributed by atoms with Gasteiger partial charge in [0.2, 0.25) is 5.91 Å². The fourth-order valence-corrected chi connectivity index (χ4v) is 3.58. The third-order valence-corrected chi connectivity index (χ3v) is 4.98. The van der Waals surface area contributed by atoms with Gasteiger partial charge in [0, 0.05) is 6.92 Å². The van der Waals surface area contributed by atoms with Gasteiger partial charge in [0.05, 0.1) is 19.3 Å². The molecular weight excluding hydrogens is 342 g/mol. The Hall–Kier alpha value is -2.21. The van der Waals surface area contributed by atoms with Gasteiger partial charge in [-0.05, 0) is 30.4 Å². The molecule has 1 saturated carbocycles. The van der Waals surface area contributed by atoms with Crippen LogP contribution in [0.3, 0.4) is 0 Å². The number of nitrogens with zero attached hydrogens (tertiary/aromatic N) is 1. The van der Waals surface area contributed by atoms with Crippen molar-refractivity contribution in [2.75, 3.05) is 6.61 Å². The second kappa shape index (κ2) is 9.13. The maximum Gasteiger partial charge on any atom is 0.243 e. The van der Waals surface area contributed by atoms with Gasteiger partial charge >= 0.3 is 0 Å². The molecule has 144 valence electrons. The van der Waals surface area contributed by atoms with E-state index in [1.165, 1.54) is 12.0 Å². The number of ether oxygens (including phenoxy) is 1. The lowest BCUT2D eigenvalue weighted by Gasteiger charge is -2.36. The number of carbonyl (C=O) groups excluding carboxylic acids is 1. The van der Waals surface area contributed by atoms with Crippen molar-refractivity contribution in [2.45, 2.75) is 51.0 Å². The molecule has 0 radical (unpaired) electrons. The van der Waals surface area contributed by atoms with Gasteiger partial charge in [0.1, 0.15) is 12.2 Å². The zero-order chi connectivity index (χ0) is 19.1. The van der Waals surface area contributed by atoms with Crippen LogP contribution in [0.1, 0.15) is 37.3 Å². The number of benzene rings is 2. The van der Waals surface area contributed by atoms with E-state index in [0.717, 1.165) is 17.5 Å². The Morgan fingerprint density at radius 2 is 1.67 bits per heavy atom. The number of amides is 1. The summed E-state index contributed by atoms with van der Waals surface area (Å²) in [5.74, 6) is -0.209. The van der Waals surface area contributed by atoms with E-state index in [1.807, 2.05) is 60.7 Å². The zero-order valence-corrected chi connectivity index (χ0v) is 15.7. The van der Waals surface area contributed by atoms with E-state index in [2.05, 4.69) is 0 Å². The number of rotatable bonds is 8. The molecule has 0 unspecified atom stereocenters. The van der Waals surface area contributed by atoms with Crippen LogP contribution in [-0.4, -0.2) is 34.3 Å². The Balaban J connectivity index is 1.61. The molecule has 0 spiro atoms. The van der Waals surface area contributed by atoms with Crippen LogP contribution < -0.4 is 0 Å². The molecule has 1 fully saturated rings. The minimum absolute atomic E-state index is 0.172. The molecule has 1 N–H and O–H groups in total. The van der Waals surface area contributed by atoms with E-state index >= 15 is 0 Å². The van der Waals surface area contributed by atoms with Crippen molar-refractivity contribution >= 4 is 5.91 Å². The number of aliphatic hydroxyl groups is 1. The predicted octanol–water partition coefficient (Wildman–Crippen LogP) is 3.47. The maximum atomic E-state index is 12.2. The summed E-state index contributed by atoms with van der Waals surface area (Å²) in [5, 5.41) is 12.5. The first kappa shape index (κ1) is 19.5. The number of carbonyl (C=O) groups is 1. The molecule has 0 aliphatic heterocycles. The summed E-state index contributed by atoms with van der Waals surface area (Å²) >= 11 is 0. The highest BCUT2D eigenvalue weighted by Gasteiger charge is 2.46. The highest BCUT2D eigenvalue weighted by Crippen LogP contribution is 2.35. The Morgan fingerprint density at radius 3 is 2.26 bits per heavy atom. The van der Waals surface area contributed by atoms with Crippen molar-refractivity contribution in [3.05, 3.63) is 71.8 Å². The molecule has 5 nitrogen and oxygen atoms in total. The van der Waals surface area contributed by atoms with Gasteiger partial charge in [-0.25, -0.2) is 5.06 Å². The van der Waals surface area contributed by atoms with Crippen LogP contribution in [0.15, 0.2) is 60.7 Å². The van der Waals surface area contributed by atoms with Crippen LogP contribution in [0.25, 0.3) is 0 Å². The zero-order valence-electron chi connectivity index (χ0n) is 15.7. The summed E-state index contributed by atoms with van der Waals surface area (Å²) in [6.07, 6.45) is 2.11. The molecule has 0 bridgehead atoms. The van der Waals surface area contributed by atoms with Crippen LogP contribution in [0.2, 0.25) is 0 Å². The number of hydrogen-bond donors (Lipinski definition) is 1. The van der Waals surface area contributed by atoms with E-state index in [9.17, 15) is 9.90 Å². The summed E-state index contributed by atoms with van der Waals surface area (Å²) in [7, 11) is 0. The van der Waals surface area contributed by atoms with E-state index in [4.69, 9.17) is 9.57 Å². The molecule has 1 amide bonds. The summed E-state index contributed by atoms with van der Waals surface area (Å²) in [5.41, 5.74) is 0.932. The predicted molar refractivity (Wildman–Crippen MR) is 102 cm³/mol. The molecule has 0 heterocycles. The molecule has 3 rings (SSSR count). The first-order valence-electron chi connectivity index (χ1n) is 9.39. The smallest absolute Gasteiger partial charge is 0.243 e. The van der Waals surface area contributed by atoms with Gasteiger partial charge in [-0.1, -0.05) is 60.7 Å². The van der Waals surface area contributed by atoms with Crippen LogP contribution in [0, 0.1) is 0 Å². The normalized spacial score (nSPS) is 21.9. The van der Waals surface area contributed by atoms with Gasteiger partial charge in [-0.2, -0.15) is 0 Å². The Bertz CT molecular complexity index is 722. The molecule has 0 saturated heterocycles. The second-order valence-electron chi connectivity index (χ2n) is 7.09. The molecule has 2 aromatic rings. The molecule has 5 heteroatoms. The number of hydrogen-bond acceptors (Lipinski definition) is 4. The van der Waals surface area contributed by atoms with Crippen molar-refractivity contribution in [1.29, 1.82) is 0 Å². The summed E-state index contributed by atoms with van der Waals surface area (Å²) in [6.45, 7) is 2.36. The Morgan fingerprint density at radius 1 is 1.07 bits per heavy atom. The van der Waals surface area contributed by atoms with Crippen LogP contribution in [-0.2, 0) is 27.6 Å². The average Bonchev–Trinajstić information content (AvgIpc) is 3.05. The first-order chi connectivity index (χ1) is 13.1. The topological polar surface area (TPSA) is 59.0 Å². The van der Waals surface area contributed by atoms with E-state index in [-0.39, 0.29) is 19.1 Å². The highest BCUT2D eigenvalue weighted by atomic mass is 16.7. The molecule has 1 aliphatic carbocycles. The third-order valence-electron chi connectivity index (χ3n) is 4.98. The summed E-state index contributed by atoms with van der Waals surface area (Å²) < 4.78 is 5.79. The lowest BCUT2D eigenvalue weighted by atomic mass is 9.98. The average molecular weight is 369 g/mol. The Labute approximate surface area is 160 Å². The first-order valence-corrected chi connectivity index (χ1v) is 9.39. The van der Waals surface area contributed by atoms with Crippen molar-refractivity contribution in [3.63, 3.8) is 0 Å². The highest BCUT2D eigenvalue weighted by molar-refractivity contribution is 5.72. The fourth-order valence-electron chi connectivity index (χ4n) is 3.58. The Kier molecular flexibility index (Phi) is 6.61. The van der Waals surface area contributed by atoms with Gasteiger partial charge < -0.3 is 9.84 Å². The minimum atomic E-state index is -1.10. The second-order valence-corrected chi connectivity index (χ2v) is 7.09. The molecule has 27 heavy (non-hydrogen) atoms. The molecule has 1 aliphatic rings. The lowest BCUT2D eigenvalue weighted by molar-refractivity contribution is -0.229. The minimum Gasteiger partial charge on any atom is -0.385 e. The summed E-state index contributed by atoms with van der Waals surface area (Å²) in [4.78, 5) is 18.0. The quantitative estimate of drug-likeness (QED) is 0.724. The van der Waals surface area contributed by atoms with Crippen molar-refractivity contribution in [2.24, 2.45) is 0 Å². The maximum absolute atomic E-state index is 12.2. The van der Waals surface area contributed by atoms with E-state index in [0.29, 0.717) is 19.4 Å². The largest absolute Gasteiger partial charge is 0.385 e. The van der Waals surface area contributed by atoms with Gasteiger partial charge in [-0.3, -0.25) is 9.63 Å². The monoisotopic (exact) mass is 369 g/mol. The number of hydroxylamine groups is 2. The van der Waals surface area contributed by atoms with Crippen molar-refractivity contribution in [3.8, 4) is 0 Å².